The summed E-state index contributed by atoms with van der Waals surface area (Å²) in [6, 6.07) is 11.7. The van der Waals surface area contributed by atoms with Crippen molar-refractivity contribution in [2.45, 2.75) is 19.4 Å². The number of furan rings is 1. The summed E-state index contributed by atoms with van der Waals surface area (Å²) in [7, 11) is 0. The molecule has 0 spiro atoms. The maximum atomic E-state index is 12.8. The molecule has 1 atom stereocenters. The van der Waals surface area contributed by atoms with Crippen LogP contribution in [-0.4, -0.2) is 28.0 Å². The highest BCUT2D eigenvalue weighted by molar-refractivity contribution is 6.00. The Bertz CT molecular complexity index is 1110. The minimum atomic E-state index is -0.839. The molecule has 0 aliphatic heterocycles. The summed E-state index contributed by atoms with van der Waals surface area (Å²) < 4.78 is 10.1. The number of aromatic nitrogens is 2. The van der Waals surface area contributed by atoms with E-state index in [4.69, 9.17) is 8.94 Å². The van der Waals surface area contributed by atoms with Crippen molar-refractivity contribution in [2.24, 2.45) is 0 Å². The Morgan fingerprint density at radius 1 is 1.21 bits per heavy atom. The second kappa shape index (κ2) is 7.43. The Balaban J connectivity index is 1.58. The largest absolute Gasteiger partial charge is 0.459 e. The van der Waals surface area contributed by atoms with E-state index in [1.807, 2.05) is 30.5 Å². The number of carbonyl (C=O) groups is 2. The van der Waals surface area contributed by atoms with Crippen LogP contribution in [0, 0.1) is 6.92 Å². The number of aromatic amines is 1. The van der Waals surface area contributed by atoms with Gasteiger partial charge in [-0.1, -0.05) is 23.4 Å². The number of H-pyrrole nitrogens is 1. The van der Waals surface area contributed by atoms with E-state index in [0.29, 0.717) is 18.0 Å². The highest BCUT2D eigenvalue weighted by atomic mass is 16.5. The SMILES string of the molecule is Cc1cc(NC(=O)[C@@H](Cc2c[nH]c3ccccc23)NC(=O)c2ccco2)no1. The Kier molecular flexibility index (Phi) is 4.67. The van der Waals surface area contributed by atoms with E-state index >= 15 is 0 Å². The molecule has 0 fully saturated rings. The van der Waals surface area contributed by atoms with Gasteiger partial charge in [0.1, 0.15) is 11.8 Å². The van der Waals surface area contributed by atoms with Gasteiger partial charge in [0, 0.05) is 29.6 Å². The Hall–Kier alpha value is -3.81. The van der Waals surface area contributed by atoms with Gasteiger partial charge in [-0.15, -0.1) is 0 Å². The number of hydrogen-bond donors (Lipinski definition) is 3. The normalized spacial score (nSPS) is 12.0. The van der Waals surface area contributed by atoms with Crippen LogP contribution in [0.4, 0.5) is 5.82 Å². The van der Waals surface area contributed by atoms with E-state index in [-0.39, 0.29) is 5.76 Å². The summed E-state index contributed by atoms with van der Waals surface area (Å²) in [6.45, 7) is 1.73. The molecule has 0 saturated carbocycles. The number of hydrogen-bond acceptors (Lipinski definition) is 5. The lowest BCUT2D eigenvalue weighted by molar-refractivity contribution is -0.118. The molecule has 3 N–H and O–H groups in total. The monoisotopic (exact) mass is 378 g/mol. The fourth-order valence-corrected chi connectivity index (χ4v) is 3.01. The van der Waals surface area contributed by atoms with Gasteiger partial charge in [-0.2, -0.15) is 0 Å². The van der Waals surface area contributed by atoms with Crippen molar-refractivity contribution >= 4 is 28.5 Å². The number of benzene rings is 1. The lowest BCUT2D eigenvalue weighted by Crippen LogP contribution is -2.45. The average Bonchev–Trinajstić information content (AvgIpc) is 3.43. The fourth-order valence-electron chi connectivity index (χ4n) is 3.01. The Morgan fingerprint density at radius 2 is 2.07 bits per heavy atom. The van der Waals surface area contributed by atoms with Crippen molar-refractivity contribution in [1.29, 1.82) is 0 Å². The molecule has 0 aliphatic carbocycles. The molecular weight excluding hydrogens is 360 g/mol. The predicted octanol–water partition coefficient (Wildman–Crippen LogP) is 3.04. The first-order valence-corrected chi connectivity index (χ1v) is 8.73. The first kappa shape index (κ1) is 17.6. The average molecular weight is 378 g/mol. The third-order valence-electron chi connectivity index (χ3n) is 4.34. The summed E-state index contributed by atoms with van der Waals surface area (Å²) in [4.78, 5) is 28.5. The van der Waals surface area contributed by atoms with Crippen LogP contribution in [0.2, 0.25) is 0 Å². The quantitative estimate of drug-likeness (QED) is 0.477. The van der Waals surface area contributed by atoms with Gasteiger partial charge in [-0.25, -0.2) is 0 Å². The van der Waals surface area contributed by atoms with Gasteiger partial charge < -0.3 is 24.6 Å². The number of amides is 2. The second-order valence-electron chi connectivity index (χ2n) is 6.38. The summed E-state index contributed by atoms with van der Waals surface area (Å²) in [5.41, 5.74) is 1.87. The highest BCUT2D eigenvalue weighted by Gasteiger charge is 2.25. The molecule has 3 aromatic heterocycles. The lowest BCUT2D eigenvalue weighted by atomic mass is 10.0. The number of fused-ring (bicyclic) bond motifs is 1. The van der Waals surface area contributed by atoms with Gasteiger partial charge in [-0.3, -0.25) is 9.59 Å². The highest BCUT2D eigenvalue weighted by Crippen LogP contribution is 2.20. The first-order chi connectivity index (χ1) is 13.6. The summed E-state index contributed by atoms with van der Waals surface area (Å²) in [6.07, 6.45) is 3.53. The number of nitrogens with one attached hydrogen (secondary N) is 3. The van der Waals surface area contributed by atoms with Crippen LogP contribution in [0.3, 0.4) is 0 Å². The van der Waals surface area contributed by atoms with Crippen molar-refractivity contribution in [3.05, 3.63) is 72.0 Å². The number of para-hydroxylation sites is 1. The molecule has 0 unspecified atom stereocenters. The molecule has 4 rings (SSSR count). The van der Waals surface area contributed by atoms with Crippen molar-refractivity contribution in [2.75, 3.05) is 5.32 Å². The summed E-state index contributed by atoms with van der Waals surface area (Å²) in [5, 5.41) is 10.2. The van der Waals surface area contributed by atoms with E-state index in [1.54, 1.807) is 19.1 Å². The molecule has 0 radical (unpaired) electrons. The van der Waals surface area contributed by atoms with Crippen LogP contribution < -0.4 is 10.6 Å². The van der Waals surface area contributed by atoms with Crippen molar-refractivity contribution in [1.82, 2.24) is 15.5 Å². The number of carbonyl (C=O) groups excluding carboxylic acids is 2. The molecule has 3 heterocycles. The molecule has 142 valence electrons. The first-order valence-electron chi connectivity index (χ1n) is 8.73. The zero-order valence-electron chi connectivity index (χ0n) is 15.1. The number of aryl methyl sites for hydroxylation is 1. The van der Waals surface area contributed by atoms with E-state index in [0.717, 1.165) is 16.5 Å². The zero-order valence-corrected chi connectivity index (χ0v) is 15.1. The van der Waals surface area contributed by atoms with Crippen LogP contribution in [0.15, 0.2) is 63.9 Å². The number of nitrogens with zero attached hydrogens (tertiary/aromatic N) is 1. The molecular formula is C20H18N4O4. The van der Waals surface area contributed by atoms with Gasteiger partial charge in [0.05, 0.1) is 6.26 Å². The summed E-state index contributed by atoms with van der Waals surface area (Å²) >= 11 is 0. The van der Waals surface area contributed by atoms with Gasteiger partial charge in [0.15, 0.2) is 11.6 Å². The fraction of sp³-hybridized carbons (Fsp3) is 0.150. The molecule has 4 aromatic rings. The van der Waals surface area contributed by atoms with Gasteiger partial charge >= 0.3 is 0 Å². The van der Waals surface area contributed by atoms with Crippen LogP contribution in [0.25, 0.3) is 10.9 Å². The van der Waals surface area contributed by atoms with Crippen molar-refractivity contribution in [3.63, 3.8) is 0 Å². The predicted molar refractivity (Wildman–Crippen MR) is 102 cm³/mol. The van der Waals surface area contributed by atoms with Crippen molar-refractivity contribution in [3.8, 4) is 0 Å². The third-order valence-corrected chi connectivity index (χ3v) is 4.34. The Morgan fingerprint density at radius 3 is 2.82 bits per heavy atom. The van der Waals surface area contributed by atoms with Crippen LogP contribution >= 0.6 is 0 Å². The number of anilines is 1. The molecule has 8 nitrogen and oxygen atoms in total. The zero-order chi connectivity index (χ0) is 19.5. The van der Waals surface area contributed by atoms with E-state index in [2.05, 4.69) is 20.8 Å². The maximum Gasteiger partial charge on any atom is 0.287 e. The van der Waals surface area contributed by atoms with Crippen LogP contribution in [0.5, 0.6) is 0 Å². The number of rotatable bonds is 6. The minimum Gasteiger partial charge on any atom is -0.459 e. The Labute approximate surface area is 159 Å². The molecule has 8 heteroatoms. The minimum absolute atomic E-state index is 0.133. The molecule has 0 saturated heterocycles. The van der Waals surface area contributed by atoms with Crippen LogP contribution in [0.1, 0.15) is 21.9 Å². The topological polar surface area (TPSA) is 113 Å². The molecule has 1 aromatic carbocycles. The summed E-state index contributed by atoms with van der Waals surface area (Å²) in [5.74, 6) is 0.121. The lowest BCUT2D eigenvalue weighted by Gasteiger charge is -2.17. The van der Waals surface area contributed by atoms with E-state index < -0.39 is 17.9 Å². The molecule has 28 heavy (non-hydrogen) atoms. The third kappa shape index (κ3) is 3.66. The maximum absolute atomic E-state index is 12.8. The smallest absolute Gasteiger partial charge is 0.287 e. The molecule has 0 bridgehead atoms. The van der Waals surface area contributed by atoms with E-state index in [9.17, 15) is 9.59 Å². The van der Waals surface area contributed by atoms with Gasteiger partial charge in [0.2, 0.25) is 5.91 Å². The second-order valence-corrected chi connectivity index (χ2v) is 6.38. The molecule has 0 aliphatic rings. The van der Waals surface area contributed by atoms with Crippen molar-refractivity contribution < 1.29 is 18.5 Å². The van der Waals surface area contributed by atoms with Crippen LogP contribution in [-0.2, 0) is 11.2 Å². The van der Waals surface area contributed by atoms with Gasteiger partial charge in [-0.05, 0) is 30.7 Å². The van der Waals surface area contributed by atoms with Gasteiger partial charge in [0.25, 0.3) is 5.91 Å². The van der Waals surface area contributed by atoms with E-state index in [1.165, 1.54) is 12.3 Å². The molecule has 2 amide bonds. The standard InChI is InChI=1S/C20H18N4O4/c1-12-9-18(24-28-12)23-19(25)16(22-20(26)17-7-4-8-27-17)10-13-11-21-15-6-3-2-5-14(13)15/h2-9,11,16,21H,10H2,1H3,(H,22,26)(H,23,24,25)/t16-/m1/s1.